The van der Waals surface area contributed by atoms with Crippen molar-refractivity contribution in [3.05, 3.63) is 29.3 Å². The minimum absolute atomic E-state index is 0.0397. The molecular formula is C18H22O6S. The molecule has 7 heteroatoms. The zero-order valence-electron chi connectivity index (χ0n) is 14.0. The molecule has 25 heavy (non-hydrogen) atoms. The van der Waals surface area contributed by atoms with E-state index < -0.39 is 16.5 Å². The molecule has 0 radical (unpaired) electrons. The van der Waals surface area contributed by atoms with E-state index in [9.17, 15) is 22.9 Å². The van der Waals surface area contributed by atoms with E-state index >= 15 is 0 Å². The summed E-state index contributed by atoms with van der Waals surface area (Å²) in [5, 5.41) is 9.81. The summed E-state index contributed by atoms with van der Waals surface area (Å²) in [4.78, 5) is 12.4. The van der Waals surface area contributed by atoms with E-state index in [2.05, 4.69) is 0 Å². The highest BCUT2D eigenvalue weighted by molar-refractivity contribution is 7.80. The van der Waals surface area contributed by atoms with Crippen molar-refractivity contribution in [3.8, 4) is 5.75 Å². The van der Waals surface area contributed by atoms with Crippen LogP contribution in [0.1, 0.15) is 62.2 Å². The molecule has 1 aromatic rings. The zero-order chi connectivity index (χ0) is 18.0. The van der Waals surface area contributed by atoms with E-state index in [0.29, 0.717) is 24.2 Å². The van der Waals surface area contributed by atoms with Crippen molar-refractivity contribution < 1.29 is 27.1 Å². The molecule has 6 nitrogen and oxygen atoms in total. The maximum Gasteiger partial charge on any atom is 0.397 e. The van der Waals surface area contributed by atoms with Crippen LogP contribution in [0.4, 0.5) is 0 Å². The maximum atomic E-state index is 12.4. The first kappa shape index (κ1) is 17.0. The maximum absolute atomic E-state index is 12.4. The Hall–Kier alpha value is -1.44. The van der Waals surface area contributed by atoms with Crippen LogP contribution < -0.4 is 0 Å². The minimum Gasteiger partial charge on any atom is -0.508 e. The highest BCUT2D eigenvalue weighted by Crippen LogP contribution is 2.61. The molecule has 2 fully saturated rings. The Balaban J connectivity index is 1.78. The van der Waals surface area contributed by atoms with Crippen LogP contribution in [-0.2, 0) is 19.4 Å². The largest absolute Gasteiger partial charge is 0.508 e. The normalized spacial score (nSPS) is 37.3. The van der Waals surface area contributed by atoms with Crippen LogP contribution in [0, 0.1) is 17.3 Å². The lowest BCUT2D eigenvalue weighted by atomic mass is 9.55. The van der Waals surface area contributed by atoms with Crippen LogP contribution in [0.3, 0.4) is 0 Å². The smallest absolute Gasteiger partial charge is 0.397 e. The number of benzene rings is 1. The van der Waals surface area contributed by atoms with Gasteiger partial charge in [0.2, 0.25) is 0 Å². The lowest BCUT2D eigenvalue weighted by Crippen LogP contribution is -2.43. The molecule has 3 aliphatic carbocycles. The molecule has 2 saturated carbocycles. The Morgan fingerprint density at radius 3 is 2.72 bits per heavy atom. The van der Waals surface area contributed by atoms with Gasteiger partial charge in [-0.3, -0.25) is 9.35 Å². The fraction of sp³-hybridized carbons (Fsp3) is 0.611. The van der Waals surface area contributed by atoms with Gasteiger partial charge < -0.3 is 5.11 Å². The molecule has 0 heterocycles. The summed E-state index contributed by atoms with van der Waals surface area (Å²) in [7, 11) is -4.61. The highest BCUT2D eigenvalue weighted by Gasteiger charge is 2.56. The second-order valence-corrected chi connectivity index (χ2v) is 8.90. The fourth-order valence-corrected chi connectivity index (χ4v) is 6.04. The Labute approximate surface area is 147 Å². The summed E-state index contributed by atoms with van der Waals surface area (Å²) in [6, 6.07) is 4.94. The van der Waals surface area contributed by atoms with Crippen molar-refractivity contribution in [3.63, 3.8) is 0 Å². The monoisotopic (exact) mass is 366 g/mol. The van der Waals surface area contributed by atoms with Gasteiger partial charge in [0.05, 0.1) is 0 Å². The molecule has 0 aliphatic heterocycles. The van der Waals surface area contributed by atoms with Crippen LogP contribution in [0.2, 0.25) is 0 Å². The second-order valence-electron chi connectivity index (χ2n) is 7.86. The summed E-state index contributed by atoms with van der Waals surface area (Å²) in [6.07, 6.45) is 2.69. The van der Waals surface area contributed by atoms with Gasteiger partial charge >= 0.3 is 10.4 Å². The first-order valence-corrected chi connectivity index (χ1v) is 10.1. The number of carbonyl (C=O) groups excluding carboxylic acids is 1. The third-order valence-corrected chi connectivity index (χ3v) is 7.16. The van der Waals surface area contributed by atoms with Crippen molar-refractivity contribution in [2.45, 2.75) is 51.0 Å². The van der Waals surface area contributed by atoms with Gasteiger partial charge in [0, 0.05) is 11.8 Å². The number of carbonyl (C=O) groups is 1. The quantitative estimate of drug-likeness (QED) is 0.780. The Kier molecular flexibility index (Phi) is 3.76. The summed E-state index contributed by atoms with van der Waals surface area (Å²) in [5.41, 5.74) is 1.24. The number of phenols is 1. The molecule has 0 amide bonds. The summed E-state index contributed by atoms with van der Waals surface area (Å²) in [5.74, 6) is 0.903. The Bertz CT molecular complexity index is 832. The fourth-order valence-electron chi connectivity index (χ4n) is 5.56. The van der Waals surface area contributed by atoms with Crippen molar-refractivity contribution in [1.82, 2.24) is 0 Å². The van der Waals surface area contributed by atoms with E-state index in [1.165, 1.54) is 6.07 Å². The summed E-state index contributed by atoms with van der Waals surface area (Å²) < 4.78 is 36.8. The van der Waals surface area contributed by atoms with Gasteiger partial charge in [-0.25, -0.2) is 4.18 Å². The van der Waals surface area contributed by atoms with Crippen LogP contribution in [0.25, 0.3) is 0 Å². The van der Waals surface area contributed by atoms with E-state index in [1.807, 2.05) is 13.0 Å². The second kappa shape index (κ2) is 5.53. The number of rotatable bonds is 2. The van der Waals surface area contributed by atoms with Gasteiger partial charge in [0.25, 0.3) is 0 Å². The van der Waals surface area contributed by atoms with Crippen molar-refractivity contribution in [1.29, 1.82) is 0 Å². The topological polar surface area (TPSA) is 101 Å². The number of Topliss-reactive ketones (excluding diaryl/α,β-unsaturated/α-hetero) is 1. The standard InChI is InChI=1S/C18H22O6S/c1-18-7-6-12-11-3-2-10(19)8-14(11)16(24-25(21,22)23)9-13(12)15(18)4-5-17(18)20/h2-3,8,12-13,15-16,19H,4-7,9H2,1H3,(H,21,22,23)/t12-,13-,15+,16+,18+/m1/s1. The molecule has 0 aromatic heterocycles. The molecule has 4 rings (SSSR count). The predicted octanol–water partition coefficient (Wildman–Crippen LogP) is 3.14. The van der Waals surface area contributed by atoms with Gasteiger partial charge in [-0.2, -0.15) is 8.42 Å². The molecule has 0 saturated heterocycles. The molecule has 3 aliphatic rings. The first-order chi connectivity index (χ1) is 11.7. The molecule has 0 unspecified atom stereocenters. The summed E-state index contributed by atoms with van der Waals surface area (Å²) in [6.45, 7) is 2.04. The number of phenolic OH excluding ortho intramolecular Hbond substituents is 1. The van der Waals surface area contributed by atoms with Crippen molar-refractivity contribution in [2.24, 2.45) is 17.3 Å². The van der Waals surface area contributed by atoms with Crippen LogP contribution in [0.5, 0.6) is 5.75 Å². The van der Waals surface area contributed by atoms with Gasteiger partial charge in [-0.1, -0.05) is 13.0 Å². The van der Waals surface area contributed by atoms with Crippen LogP contribution in [0.15, 0.2) is 18.2 Å². The van der Waals surface area contributed by atoms with E-state index in [0.717, 1.165) is 24.8 Å². The van der Waals surface area contributed by atoms with Crippen molar-refractivity contribution >= 4 is 16.2 Å². The molecule has 0 bridgehead atoms. The number of ketones is 1. The van der Waals surface area contributed by atoms with Crippen molar-refractivity contribution in [2.75, 3.05) is 0 Å². The molecule has 5 atom stereocenters. The Morgan fingerprint density at radius 1 is 1.24 bits per heavy atom. The lowest BCUT2D eigenvalue weighted by Gasteiger charge is -2.49. The van der Waals surface area contributed by atoms with Gasteiger partial charge in [0.1, 0.15) is 17.6 Å². The predicted molar refractivity (Wildman–Crippen MR) is 89.4 cm³/mol. The third-order valence-electron chi connectivity index (χ3n) is 6.69. The number of fused-ring (bicyclic) bond motifs is 5. The summed E-state index contributed by atoms with van der Waals surface area (Å²) >= 11 is 0. The van der Waals surface area contributed by atoms with Crippen LogP contribution >= 0.6 is 0 Å². The van der Waals surface area contributed by atoms with Gasteiger partial charge in [-0.05, 0) is 66.7 Å². The van der Waals surface area contributed by atoms with E-state index in [1.54, 1.807) is 6.07 Å². The number of hydrogen-bond donors (Lipinski definition) is 2. The molecule has 1 aromatic carbocycles. The highest BCUT2D eigenvalue weighted by atomic mass is 32.3. The third kappa shape index (κ3) is 2.69. The SMILES string of the molecule is C[C@]12CC[C@@H]3c4ccc(O)cc4[C@@H](OS(=O)(=O)O)C[C@H]3[C@@H]1CCC2=O. The molecular weight excluding hydrogens is 344 g/mol. The Morgan fingerprint density at radius 2 is 2.00 bits per heavy atom. The van der Waals surface area contributed by atoms with E-state index in [4.69, 9.17) is 4.18 Å². The first-order valence-electron chi connectivity index (χ1n) is 8.71. The average molecular weight is 366 g/mol. The van der Waals surface area contributed by atoms with Gasteiger partial charge in [0.15, 0.2) is 0 Å². The lowest BCUT2D eigenvalue weighted by molar-refractivity contribution is -0.129. The van der Waals surface area contributed by atoms with Gasteiger partial charge in [-0.15, -0.1) is 0 Å². The minimum atomic E-state index is -4.61. The average Bonchev–Trinajstić information content (AvgIpc) is 2.82. The molecule has 2 N–H and O–H groups in total. The van der Waals surface area contributed by atoms with Crippen LogP contribution in [-0.4, -0.2) is 23.9 Å². The number of hydrogen-bond acceptors (Lipinski definition) is 5. The zero-order valence-corrected chi connectivity index (χ0v) is 14.8. The molecule has 136 valence electrons. The van der Waals surface area contributed by atoms with E-state index in [-0.39, 0.29) is 28.9 Å². The number of aromatic hydroxyl groups is 1. The molecule has 0 spiro atoms.